The number of nitrogens with one attached hydrogen (secondary N) is 1. The summed E-state index contributed by atoms with van der Waals surface area (Å²) in [6, 6.07) is 18.1. The Kier molecular flexibility index (Phi) is 5.22. The van der Waals surface area contributed by atoms with E-state index in [1.54, 1.807) is 17.2 Å². The van der Waals surface area contributed by atoms with Crippen LogP contribution in [0.5, 0.6) is 0 Å². The van der Waals surface area contributed by atoms with Crippen LogP contribution in [-0.2, 0) is 9.59 Å². The molecule has 6 rings (SSSR count). The van der Waals surface area contributed by atoms with Crippen molar-refractivity contribution in [3.8, 4) is 0 Å². The van der Waals surface area contributed by atoms with Crippen molar-refractivity contribution >= 4 is 45.9 Å². The summed E-state index contributed by atoms with van der Waals surface area (Å²) in [6.45, 7) is 0. The lowest BCUT2D eigenvalue weighted by Crippen LogP contribution is -2.38. The zero-order chi connectivity index (χ0) is 23.1. The molecule has 1 N–H and O–H groups in total. The Morgan fingerprint density at radius 2 is 1.94 bits per heavy atom. The monoisotopic (exact) mass is 471 g/mol. The molecule has 0 radical (unpaired) electrons. The van der Waals surface area contributed by atoms with Gasteiger partial charge in [0.15, 0.2) is 11.4 Å². The van der Waals surface area contributed by atoms with Crippen LogP contribution in [0.1, 0.15) is 31.1 Å². The number of carbonyl (C=O) groups is 2. The number of aromatic nitrogens is 1. The van der Waals surface area contributed by atoms with Crippen LogP contribution in [0.2, 0.25) is 0 Å². The predicted molar refractivity (Wildman–Crippen MR) is 130 cm³/mol. The molecule has 4 aromatic rings. The third-order valence-corrected chi connectivity index (χ3v) is 6.92. The van der Waals surface area contributed by atoms with E-state index >= 15 is 0 Å². The van der Waals surface area contributed by atoms with Gasteiger partial charge in [0.2, 0.25) is 5.91 Å². The minimum Gasteiger partial charge on any atom is -0.467 e. The molecule has 7 nitrogen and oxygen atoms in total. The van der Waals surface area contributed by atoms with Crippen molar-refractivity contribution in [1.29, 1.82) is 0 Å². The maximum Gasteiger partial charge on any atom is 0.257 e. The van der Waals surface area contributed by atoms with E-state index in [9.17, 15) is 9.59 Å². The molecule has 2 aliphatic rings. The Labute approximate surface area is 199 Å². The summed E-state index contributed by atoms with van der Waals surface area (Å²) < 4.78 is 11.6. The molecule has 3 heterocycles. The third-order valence-electron chi connectivity index (χ3n) is 6.11. The van der Waals surface area contributed by atoms with Crippen LogP contribution in [0.4, 0.5) is 11.4 Å². The number of carbonyl (C=O) groups excluding carboxylic acids is 2. The van der Waals surface area contributed by atoms with Crippen LogP contribution in [0.15, 0.2) is 92.3 Å². The van der Waals surface area contributed by atoms with Crippen molar-refractivity contribution in [2.24, 2.45) is 0 Å². The van der Waals surface area contributed by atoms with E-state index in [1.807, 2.05) is 54.6 Å². The van der Waals surface area contributed by atoms with Gasteiger partial charge < -0.3 is 14.2 Å². The zero-order valence-electron chi connectivity index (χ0n) is 18.2. The number of amides is 1. The number of fused-ring (bicyclic) bond motifs is 2. The van der Waals surface area contributed by atoms with E-state index in [1.165, 1.54) is 11.8 Å². The Morgan fingerprint density at radius 1 is 1.09 bits per heavy atom. The molecule has 1 amide bonds. The average molecular weight is 472 g/mol. The number of rotatable bonds is 4. The van der Waals surface area contributed by atoms with E-state index in [0.29, 0.717) is 34.2 Å². The van der Waals surface area contributed by atoms with Gasteiger partial charge in [-0.15, -0.1) is 0 Å². The van der Waals surface area contributed by atoms with E-state index in [2.05, 4.69) is 10.3 Å². The second kappa shape index (κ2) is 8.53. The van der Waals surface area contributed by atoms with Crippen LogP contribution in [0, 0.1) is 0 Å². The molecule has 0 saturated heterocycles. The fourth-order valence-corrected chi connectivity index (χ4v) is 5.33. The molecule has 0 spiro atoms. The molecule has 1 aliphatic carbocycles. The van der Waals surface area contributed by atoms with Gasteiger partial charge >= 0.3 is 0 Å². The molecule has 34 heavy (non-hydrogen) atoms. The minimum absolute atomic E-state index is 0.0346. The van der Waals surface area contributed by atoms with Crippen LogP contribution < -0.4 is 10.2 Å². The fourth-order valence-electron chi connectivity index (χ4n) is 4.63. The Morgan fingerprint density at radius 3 is 2.79 bits per heavy atom. The highest BCUT2D eigenvalue weighted by molar-refractivity contribution is 7.99. The highest BCUT2D eigenvalue weighted by Crippen LogP contribution is 2.45. The predicted octanol–water partition coefficient (Wildman–Crippen LogP) is 5.72. The first-order valence-corrected chi connectivity index (χ1v) is 12.1. The van der Waals surface area contributed by atoms with E-state index in [4.69, 9.17) is 8.83 Å². The molecule has 0 fully saturated rings. The van der Waals surface area contributed by atoms with Crippen molar-refractivity contribution in [2.75, 3.05) is 16.0 Å². The summed E-state index contributed by atoms with van der Waals surface area (Å²) >= 11 is 1.24. The highest BCUT2D eigenvalue weighted by atomic mass is 32.2. The normalized spacial score (nSPS) is 17.8. The van der Waals surface area contributed by atoms with Gasteiger partial charge in [-0.05, 0) is 49.2 Å². The summed E-state index contributed by atoms with van der Waals surface area (Å²) in [7, 11) is 0. The summed E-state index contributed by atoms with van der Waals surface area (Å²) in [6.07, 6.45) is 3.54. The van der Waals surface area contributed by atoms with Gasteiger partial charge in [-0.1, -0.05) is 36.0 Å². The fraction of sp³-hybridized carbons (Fsp3) is 0.192. The number of ketones is 1. The number of furan rings is 1. The molecular formula is C26H21N3O4S. The summed E-state index contributed by atoms with van der Waals surface area (Å²) in [5.74, 6) is 0.513. The molecule has 1 aliphatic heterocycles. The van der Waals surface area contributed by atoms with Crippen LogP contribution in [-0.4, -0.2) is 22.4 Å². The lowest BCUT2D eigenvalue weighted by Gasteiger charge is -2.32. The average Bonchev–Trinajstić information content (AvgIpc) is 3.49. The summed E-state index contributed by atoms with van der Waals surface area (Å²) in [4.78, 5) is 33.2. The summed E-state index contributed by atoms with van der Waals surface area (Å²) in [5, 5.41) is 3.88. The molecule has 0 saturated carbocycles. The van der Waals surface area contributed by atoms with Gasteiger partial charge in [-0.2, -0.15) is 0 Å². The van der Waals surface area contributed by atoms with Gasteiger partial charge in [0.25, 0.3) is 5.22 Å². The molecule has 0 unspecified atom stereocenters. The quantitative estimate of drug-likeness (QED) is 0.381. The van der Waals surface area contributed by atoms with Crippen LogP contribution in [0.25, 0.3) is 11.1 Å². The SMILES string of the molecule is O=C1CCCC2=C1[C@@H](c1ccco1)N(C(=O)CSc1nc3ccccc3o1)c1ccccc1N2. The van der Waals surface area contributed by atoms with E-state index in [-0.39, 0.29) is 17.4 Å². The molecule has 2 aromatic carbocycles. The van der Waals surface area contributed by atoms with Crippen LogP contribution >= 0.6 is 11.8 Å². The minimum atomic E-state index is -0.648. The smallest absolute Gasteiger partial charge is 0.257 e. The first kappa shape index (κ1) is 20.8. The number of oxazole rings is 1. The molecule has 1 atom stereocenters. The summed E-state index contributed by atoms with van der Waals surface area (Å²) in [5.41, 5.74) is 4.37. The van der Waals surface area contributed by atoms with E-state index < -0.39 is 6.04 Å². The molecular weight excluding hydrogens is 450 g/mol. The van der Waals surface area contributed by atoms with Crippen molar-refractivity contribution in [1.82, 2.24) is 4.98 Å². The number of hydrogen-bond donors (Lipinski definition) is 1. The van der Waals surface area contributed by atoms with Gasteiger partial charge in [-0.25, -0.2) is 4.98 Å². The number of thioether (sulfide) groups is 1. The van der Waals surface area contributed by atoms with Gasteiger partial charge in [0.05, 0.1) is 23.4 Å². The van der Waals surface area contributed by atoms with Gasteiger partial charge in [-0.3, -0.25) is 14.5 Å². The zero-order valence-corrected chi connectivity index (χ0v) is 19.0. The topological polar surface area (TPSA) is 88.6 Å². The van der Waals surface area contributed by atoms with Crippen LogP contribution in [0.3, 0.4) is 0 Å². The van der Waals surface area contributed by atoms with Crippen molar-refractivity contribution in [3.05, 3.63) is 84.0 Å². The Bertz CT molecular complexity index is 1390. The largest absolute Gasteiger partial charge is 0.467 e. The van der Waals surface area contributed by atoms with Gasteiger partial charge in [0, 0.05) is 17.7 Å². The van der Waals surface area contributed by atoms with Gasteiger partial charge in [0.1, 0.15) is 17.3 Å². The number of Topliss-reactive ketones (excluding diaryl/α,β-unsaturated/α-hetero) is 1. The van der Waals surface area contributed by atoms with Crippen molar-refractivity contribution in [3.63, 3.8) is 0 Å². The highest BCUT2D eigenvalue weighted by Gasteiger charge is 2.40. The maximum absolute atomic E-state index is 13.8. The second-order valence-electron chi connectivity index (χ2n) is 8.23. The first-order chi connectivity index (χ1) is 16.7. The first-order valence-electron chi connectivity index (χ1n) is 11.1. The Balaban J connectivity index is 1.41. The number of allylic oxidation sites excluding steroid dienone is 1. The molecule has 170 valence electrons. The van der Waals surface area contributed by atoms with Crippen molar-refractivity contribution in [2.45, 2.75) is 30.5 Å². The van der Waals surface area contributed by atoms with Crippen molar-refractivity contribution < 1.29 is 18.4 Å². The lowest BCUT2D eigenvalue weighted by molar-refractivity contribution is -0.117. The second-order valence-corrected chi connectivity index (χ2v) is 9.16. The third kappa shape index (κ3) is 3.60. The number of para-hydroxylation sites is 4. The number of benzene rings is 2. The molecule has 0 bridgehead atoms. The number of hydrogen-bond acceptors (Lipinski definition) is 7. The van der Waals surface area contributed by atoms with E-state index in [0.717, 1.165) is 29.7 Å². The number of anilines is 2. The lowest BCUT2D eigenvalue weighted by atomic mass is 9.88. The molecule has 8 heteroatoms. The maximum atomic E-state index is 13.8. The Hall–Kier alpha value is -3.78. The molecule has 2 aromatic heterocycles. The number of nitrogens with zero attached hydrogens (tertiary/aromatic N) is 2. The standard InChI is InChI=1S/C26H21N3O4S/c30-20-11-5-9-18-24(20)25(22-13-6-14-32-22)29(19-10-3-1-7-16(19)27-18)23(31)15-34-26-28-17-8-2-4-12-21(17)33-26/h1-4,6-8,10,12-14,25,27H,5,9,11,15H2/t25-/m1/s1.